The van der Waals surface area contributed by atoms with Gasteiger partial charge in [0.1, 0.15) is 0 Å². The highest BCUT2D eigenvalue weighted by Gasteiger charge is 2.33. The van der Waals surface area contributed by atoms with Gasteiger partial charge in [-0.3, -0.25) is 4.90 Å². The molecule has 1 aromatic rings. The second-order valence-electron chi connectivity index (χ2n) is 7.97. The zero-order chi connectivity index (χ0) is 20.2. The van der Waals surface area contributed by atoms with E-state index in [0.717, 1.165) is 12.2 Å². The van der Waals surface area contributed by atoms with E-state index in [9.17, 15) is 8.42 Å². The first-order valence-electron chi connectivity index (χ1n) is 9.69. The number of nitrogens with one attached hydrogen (secondary N) is 1. The van der Waals surface area contributed by atoms with Gasteiger partial charge in [0.2, 0.25) is 0 Å². The highest BCUT2D eigenvalue weighted by atomic mass is 32.2. The topological polar surface area (TPSA) is 52.6 Å². The molecule has 1 saturated heterocycles. The normalized spacial score (nSPS) is 19.0. The number of anilines is 1. The molecule has 7 heteroatoms. The van der Waals surface area contributed by atoms with Gasteiger partial charge in [0, 0.05) is 36.9 Å². The molecule has 1 aliphatic heterocycles. The highest BCUT2D eigenvalue weighted by Crippen LogP contribution is 2.20. The third kappa shape index (κ3) is 6.43. The lowest BCUT2D eigenvalue weighted by Crippen LogP contribution is -2.49. The van der Waals surface area contributed by atoms with Gasteiger partial charge in [-0.05, 0) is 65.4 Å². The predicted octanol–water partition coefficient (Wildman–Crippen LogP) is 3.30. The fraction of sp³-hybridized carbons (Fsp3) is 0.650. The SMILES string of the molecule is Cc1ccc(NC(=S)N(CCN(C(C)C)C(C)C)[C@@H]2CCS(=O)(=O)C2)cc1. The Morgan fingerprint density at radius 1 is 1.15 bits per heavy atom. The summed E-state index contributed by atoms with van der Waals surface area (Å²) >= 11 is 5.69. The fourth-order valence-corrected chi connectivity index (χ4v) is 5.73. The summed E-state index contributed by atoms with van der Waals surface area (Å²) in [5.41, 5.74) is 2.12. The van der Waals surface area contributed by atoms with Gasteiger partial charge in [-0.2, -0.15) is 0 Å². The predicted molar refractivity (Wildman–Crippen MR) is 118 cm³/mol. The standard InChI is InChI=1S/C20H33N3O2S2/c1-15(2)22(16(3)4)11-12-23(19-10-13-27(24,25)14-19)20(26)21-18-8-6-17(5)7-9-18/h6-9,15-16,19H,10-14H2,1-5H3,(H,21,26)/t19-/m1/s1. The molecule has 1 atom stereocenters. The highest BCUT2D eigenvalue weighted by molar-refractivity contribution is 7.91. The maximum Gasteiger partial charge on any atom is 0.173 e. The number of hydrogen-bond donors (Lipinski definition) is 1. The van der Waals surface area contributed by atoms with Gasteiger partial charge in [0.15, 0.2) is 14.9 Å². The molecule has 5 nitrogen and oxygen atoms in total. The summed E-state index contributed by atoms with van der Waals surface area (Å²) in [7, 11) is -2.97. The van der Waals surface area contributed by atoms with Crippen molar-refractivity contribution in [3.8, 4) is 0 Å². The molecule has 1 heterocycles. The molecular weight excluding hydrogens is 378 g/mol. The monoisotopic (exact) mass is 411 g/mol. The molecule has 0 radical (unpaired) electrons. The molecule has 0 amide bonds. The number of rotatable bonds is 7. The number of hydrogen-bond acceptors (Lipinski definition) is 4. The maximum absolute atomic E-state index is 12.0. The summed E-state index contributed by atoms with van der Waals surface area (Å²) in [4.78, 5) is 4.49. The van der Waals surface area contributed by atoms with Crippen molar-refractivity contribution in [3.63, 3.8) is 0 Å². The minimum Gasteiger partial charge on any atom is -0.344 e. The Bertz CT molecular complexity index is 722. The minimum absolute atomic E-state index is 0.0541. The van der Waals surface area contributed by atoms with E-state index in [1.165, 1.54) is 5.56 Å². The van der Waals surface area contributed by atoms with Gasteiger partial charge in [-0.15, -0.1) is 0 Å². The first-order chi connectivity index (χ1) is 12.6. The summed E-state index contributed by atoms with van der Waals surface area (Å²) < 4.78 is 24.0. The third-order valence-electron chi connectivity index (χ3n) is 5.14. The van der Waals surface area contributed by atoms with Crippen LogP contribution in [-0.2, 0) is 9.84 Å². The van der Waals surface area contributed by atoms with Crippen LogP contribution in [0.25, 0.3) is 0 Å². The Balaban J connectivity index is 2.13. The van der Waals surface area contributed by atoms with Crippen LogP contribution in [-0.4, -0.2) is 66.1 Å². The van der Waals surface area contributed by atoms with Crippen molar-refractivity contribution in [1.29, 1.82) is 0 Å². The van der Waals surface area contributed by atoms with Crippen molar-refractivity contribution in [3.05, 3.63) is 29.8 Å². The fourth-order valence-electron chi connectivity index (χ4n) is 3.64. The second-order valence-corrected chi connectivity index (χ2v) is 10.6. The molecule has 0 bridgehead atoms. The van der Waals surface area contributed by atoms with Crippen molar-refractivity contribution >= 4 is 32.9 Å². The smallest absolute Gasteiger partial charge is 0.173 e. The van der Waals surface area contributed by atoms with Gasteiger partial charge in [-0.1, -0.05) is 17.7 Å². The summed E-state index contributed by atoms with van der Waals surface area (Å²) in [5, 5.41) is 3.90. The van der Waals surface area contributed by atoms with Crippen LogP contribution < -0.4 is 5.32 Å². The van der Waals surface area contributed by atoms with E-state index >= 15 is 0 Å². The van der Waals surface area contributed by atoms with Crippen LogP contribution in [0.3, 0.4) is 0 Å². The van der Waals surface area contributed by atoms with Crippen LogP contribution in [0, 0.1) is 6.92 Å². The van der Waals surface area contributed by atoms with Gasteiger partial charge in [0.05, 0.1) is 11.5 Å². The lowest BCUT2D eigenvalue weighted by molar-refractivity contribution is 0.155. The first-order valence-corrected chi connectivity index (χ1v) is 11.9. The van der Waals surface area contributed by atoms with E-state index in [4.69, 9.17) is 12.2 Å². The zero-order valence-corrected chi connectivity index (χ0v) is 18.7. The molecule has 0 saturated carbocycles. The lowest BCUT2D eigenvalue weighted by atomic mass is 10.2. The Morgan fingerprint density at radius 3 is 2.22 bits per heavy atom. The van der Waals surface area contributed by atoms with E-state index in [0.29, 0.717) is 30.2 Å². The Kier molecular flexibility index (Phi) is 7.65. The van der Waals surface area contributed by atoms with Gasteiger partial charge >= 0.3 is 0 Å². The maximum atomic E-state index is 12.0. The zero-order valence-electron chi connectivity index (χ0n) is 17.1. The van der Waals surface area contributed by atoms with E-state index in [-0.39, 0.29) is 17.5 Å². The van der Waals surface area contributed by atoms with Gasteiger partial charge in [-0.25, -0.2) is 8.42 Å². The molecular formula is C20H33N3O2S2. The lowest BCUT2D eigenvalue weighted by Gasteiger charge is -2.36. The Hall–Kier alpha value is -1.18. The molecule has 0 unspecified atom stereocenters. The Morgan fingerprint density at radius 2 is 1.74 bits per heavy atom. The van der Waals surface area contributed by atoms with Gasteiger partial charge < -0.3 is 10.2 Å². The van der Waals surface area contributed by atoms with Crippen LogP contribution in [0.15, 0.2) is 24.3 Å². The molecule has 1 fully saturated rings. The first kappa shape index (κ1) is 22.1. The number of sulfone groups is 1. The van der Waals surface area contributed by atoms with Crippen molar-refractivity contribution in [1.82, 2.24) is 9.80 Å². The second kappa shape index (κ2) is 9.34. The summed E-state index contributed by atoms with van der Waals surface area (Å²) in [6.07, 6.45) is 0.640. The third-order valence-corrected chi connectivity index (χ3v) is 7.23. The molecule has 0 aromatic heterocycles. The van der Waals surface area contributed by atoms with E-state index in [2.05, 4.69) is 42.8 Å². The average molecular weight is 412 g/mol. The van der Waals surface area contributed by atoms with Crippen molar-refractivity contribution in [2.75, 3.05) is 29.9 Å². The molecule has 1 aromatic carbocycles. The number of nitrogens with zero attached hydrogens (tertiary/aromatic N) is 2. The van der Waals surface area contributed by atoms with Crippen LogP contribution in [0.4, 0.5) is 5.69 Å². The number of benzene rings is 1. The van der Waals surface area contributed by atoms with Crippen molar-refractivity contribution < 1.29 is 8.42 Å². The molecule has 27 heavy (non-hydrogen) atoms. The van der Waals surface area contributed by atoms with Crippen molar-refractivity contribution in [2.24, 2.45) is 0 Å². The van der Waals surface area contributed by atoms with Crippen LogP contribution in [0.1, 0.15) is 39.7 Å². The van der Waals surface area contributed by atoms with Gasteiger partial charge in [0.25, 0.3) is 0 Å². The Labute approximate surface area is 170 Å². The molecule has 0 spiro atoms. The summed E-state index contributed by atoms with van der Waals surface area (Å²) in [5.74, 6) is 0.436. The molecule has 1 N–H and O–H groups in total. The van der Waals surface area contributed by atoms with E-state index in [1.807, 2.05) is 31.2 Å². The minimum atomic E-state index is -2.97. The molecule has 2 rings (SSSR count). The van der Waals surface area contributed by atoms with Crippen LogP contribution in [0.5, 0.6) is 0 Å². The number of thiocarbonyl (C=S) groups is 1. The quantitative estimate of drug-likeness (QED) is 0.695. The van der Waals surface area contributed by atoms with E-state index < -0.39 is 9.84 Å². The van der Waals surface area contributed by atoms with E-state index in [1.54, 1.807) is 0 Å². The molecule has 152 valence electrons. The van der Waals surface area contributed by atoms with Crippen molar-refractivity contribution in [2.45, 2.75) is 59.2 Å². The van der Waals surface area contributed by atoms with Crippen LogP contribution in [0.2, 0.25) is 0 Å². The van der Waals surface area contributed by atoms with Crippen LogP contribution >= 0.6 is 12.2 Å². The average Bonchev–Trinajstić information content (AvgIpc) is 2.92. The summed E-state index contributed by atoms with van der Waals surface area (Å²) in [6, 6.07) is 8.88. The molecule has 1 aliphatic rings. The molecule has 0 aliphatic carbocycles. The largest absolute Gasteiger partial charge is 0.344 e. The summed E-state index contributed by atoms with van der Waals surface area (Å²) in [6.45, 7) is 12.4. The number of aryl methyl sites for hydroxylation is 1.